The van der Waals surface area contributed by atoms with Gasteiger partial charge in [0.05, 0.1) is 18.3 Å². The highest BCUT2D eigenvalue weighted by Gasteiger charge is 2.19. The summed E-state index contributed by atoms with van der Waals surface area (Å²) in [6.45, 7) is -0.0157. The number of ether oxygens (including phenoxy) is 1. The van der Waals surface area contributed by atoms with Crippen molar-refractivity contribution in [2.45, 2.75) is 13.1 Å². The number of para-hydroxylation sites is 2. The van der Waals surface area contributed by atoms with Crippen LogP contribution in [0.25, 0.3) is 15.9 Å². The highest BCUT2D eigenvalue weighted by molar-refractivity contribution is 7.17. The average molecular weight is 456 g/mol. The van der Waals surface area contributed by atoms with Gasteiger partial charge in [0.2, 0.25) is 5.91 Å². The molecule has 1 amide bonds. The van der Waals surface area contributed by atoms with Gasteiger partial charge in [0, 0.05) is 11.6 Å². The van der Waals surface area contributed by atoms with Crippen LogP contribution in [0.3, 0.4) is 0 Å². The fourth-order valence-electron chi connectivity index (χ4n) is 3.30. The first-order valence-corrected chi connectivity index (χ1v) is 10.6. The number of nitrogens with one attached hydrogen (secondary N) is 1. The molecule has 9 heteroatoms. The first-order chi connectivity index (χ1) is 15.0. The van der Waals surface area contributed by atoms with Crippen LogP contribution in [0.15, 0.2) is 69.6 Å². The Morgan fingerprint density at radius 2 is 1.84 bits per heavy atom. The number of methoxy groups -OCH3 is 1. The number of aromatic nitrogens is 2. The van der Waals surface area contributed by atoms with Crippen LogP contribution in [-0.2, 0) is 17.9 Å². The molecule has 31 heavy (non-hydrogen) atoms. The van der Waals surface area contributed by atoms with Gasteiger partial charge in [0.15, 0.2) is 0 Å². The summed E-state index contributed by atoms with van der Waals surface area (Å²) < 4.78 is 8.04. The molecule has 0 aliphatic heterocycles. The number of halogens is 1. The lowest BCUT2D eigenvalue weighted by Crippen LogP contribution is -2.41. The van der Waals surface area contributed by atoms with E-state index in [2.05, 4.69) is 5.32 Å². The number of benzene rings is 2. The van der Waals surface area contributed by atoms with Crippen molar-refractivity contribution in [3.8, 4) is 11.4 Å². The van der Waals surface area contributed by atoms with Crippen molar-refractivity contribution in [1.82, 2.24) is 14.5 Å². The molecule has 0 aliphatic carbocycles. The van der Waals surface area contributed by atoms with Gasteiger partial charge in [-0.1, -0.05) is 41.9 Å². The van der Waals surface area contributed by atoms with Gasteiger partial charge in [0.25, 0.3) is 5.56 Å². The Kier molecular flexibility index (Phi) is 5.92. The second-order valence-corrected chi connectivity index (χ2v) is 8.01. The van der Waals surface area contributed by atoms with Crippen LogP contribution < -0.4 is 21.3 Å². The van der Waals surface area contributed by atoms with E-state index in [1.54, 1.807) is 41.8 Å². The van der Waals surface area contributed by atoms with Gasteiger partial charge in [-0.3, -0.25) is 14.2 Å². The summed E-state index contributed by atoms with van der Waals surface area (Å²) in [6.07, 6.45) is 0. The van der Waals surface area contributed by atoms with E-state index in [0.717, 1.165) is 10.1 Å². The van der Waals surface area contributed by atoms with Crippen LogP contribution in [0, 0.1) is 0 Å². The van der Waals surface area contributed by atoms with E-state index in [4.69, 9.17) is 16.3 Å². The second-order valence-electron chi connectivity index (χ2n) is 6.68. The Morgan fingerprint density at radius 1 is 1.10 bits per heavy atom. The lowest BCUT2D eigenvalue weighted by Gasteiger charge is -2.14. The fraction of sp³-hybridized carbons (Fsp3) is 0.136. The molecule has 2 aromatic heterocycles. The third kappa shape index (κ3) is 3.99. The fourth-order valence-corrected chi connectivity index (χ4v) is 4.33. The SMILES string of the molecule is COc1ccccc1-n1c(=O)c2sccc2n(CC(=O)NCc2ccccc2Cl)c1=O. The molecule has 0 bridgehead atoms. The number of nitrogens with zero attached hydrogens (tertiary/aromatic N) is 2. The van der Waals surface area contributed by atoms with Crippen LogP contribution in [-0.4, -0.2) is 22.2 Å². The summed E-state index contributed by atoms with van der Waals surface area (Å²) in [5.74, 6) is 0.00655. The van der Waals surface area contributed by atoms with Crippen LogP contribution >= 0.6 is 22.9 Å². The maximum absolute atomic E-state index is 13.3. The Morgan fingerprint density at radius 3 is 2.61 bits per heavy atom. The van der Waals surface area contributed by atoms with E-state index >= 15 is 0 Å². The Balaban J connectivity index is 1.74. The normalized spacial score (nSPS) is 10.9. The van der Waals surface area contributed by atoms with E-state index in [9.17, 15) is 14.4 Å². The molecule has 0 unspecified atom stereocenters. The lowest BCUT2D eigenvalue weighted by molar-refractivity contribution is -0.121. The van der Waals surface area contributed by atoms with Crippen LogP contribution in [0.1, 0.15) is 5.56 Å². The van der Waals surface area contributed by atoms with Gasteiger partial charge in [-0.2, -0.15) is 0 Å². The molecule has 0 spiro atoms. The summed E-state index contributed by atoms with van der Waals surface area (Å²) in [7, 11) is 1.47. The monoisotopic (exact) mass is 455 g/mol. The van der Waals surface area contributed by atoms with E-state index in [1.807, 2.05) is 18.2 Å². The number of carbonyl (C=O) groups excluding carboxylic acids is 1. The van der Waals surface area contributed by atoms with Crippen molar-refractivity contribution in [2.75, 3.05) is 7.11 Å². The quantitative estimate of drug-likeness (QED) is 0.484. The van der Waals surface area contributed by atoms with E-state index in [-0.39, 0.29) is 19.0 Å². The van der Waals surface area contributed by atoms with E-state index < -0.39 is 11.2 Å². The van der Waals surface area contributed by atoms with Crippen molar-refractivity contribution in [3.63, 3.8) is 0 Å². The maximum Gasteiger partial charge on any atom is 0.336 e. The van der Waals surface area contributed by atoms with Crippen molar-refractivity contribution >= 4 is 39.1 Å². The summed E-state index contributed by atoms with van der Waals surface area (Å²) in [6, 6.07) is 15.6. The Bertz CT molecular complexity index is 1390. The zero-order valence-electron chi connectivity index (χ0n) is 16.5. The number of carbonyl (C=O) groups is 1. The summed E-state index contributed by atoms with van der Waals surface area (Å²) in [5, 5.41) is 5.04. The number of amides is 1. The van der Waals surface area contributed by atoms with E-state index in [0.29, 0.717) is 26.7 Å². The van der Waals surface area contributed by atoms with Gasteiger partial charge in [-0.05, 0) is 35.2 Å². The van der Waals surface area contributed by atoms with Gasteiger partial charge in [0.1, 0.15) is 17.0 Å². The predicted octanol–water partition coefficient (Wildman–Crippen LogP) is 3.19. The van der Waals surface area contributed by atoms with Gasteiger partial charge >= 0.3 is 5.69 Å². The molecule has 158 valence electrons. The largest absolute Gasteiger partial charge is 0.495 e. The van der Waals surface area contributed by atoms with Crippen molar-refractivity contribution in [3.05, 3.63) is 91.4 Å². The summed E-state index contributed by atoms with van der Waals surface area (Å²) in [5.41, 5.74) is 0.435. The molecule has 4 rings (SSSR count). The molecule has 0 aliphatic rings. The highest BCUT2D eigenvalue weighted by Crippen LogP contribution is 2.22. The molecule has 0 radical (unpaired) electrons. The standard InChI is InChI=1S/C22H18ClN3O4S/c1-30-18-9-5-4-8-16(18)26-21(28)20-17(10-11-31-20)25(22(26)29)13-19(27)24-12-14-6-2-3-7-15(14)23/h2-11H,12-13H2,1H3,(H,24,27). The molecule has 0 saturated heterocycles. The first kappa shape index (κ1) is 20.9. The number of hydrogen-bond acceptors (Lipinski definition) is 5. The molecular formula is C22H18ClN3O4S. The number of hydrogen-bond donors (Lipinski definition) is 1. The summed E-state index contributed by atoms with van der Waals surface area (Å²) >= 11 is 7.35. The summed E-state index contributed by atoms with van der Waals surface area (Å²) in [4.78, 5) is 39.0. The van der Waals surface area contributed by atoms with Crippen LogP contribution in [0.2, 0.25) is 5.02 Å². The zero-order chi connectivity index (χ0) is 22.0. The van der Waals surface area contributed by atoms with Crippen molar-refractivity contribution < 1.29 is 9.53 Å². The topological polar surface area (TPSA) is 82.3 Å². The van der Waals surface area contributed by atoms with Crippen molar-refractivity contribution in [1.29, 1.82) is 0 Å². The van der Waals surface area contributed by atoms with Crippen LogP contribution in [0.5, 0.6) is 5.75 Å². The second kappa shape index (κ2) is 8.79. The molecule has 2 heterocycles. The number of fused-ring (bicyclic) bond motifs is 1. The van der Waals surface area contributed by atoms with E-state index in [1.165, 1.54) is 23.0 Å². The van der Waals surface area contributed by atoms with Gasteiger partial charge in [-0.25, -0.2) is 9.36 Å². The smallest absolute Gasteiger partial charge is 0.336 e. The third-order valence-corrected chi connectivity index (χ3v) is 6.08. The van der Waals surface area contributed by atoms with Crippen LogP contribution in [0.4, 0.5) is 0 Å². The van der Waals surface area contributed by atoms with Gasteiger partial charge in [-0.15, -0.1) is 11.3 Å². The first-order valence-electron chi connectivity index (χ1n) is 9.38. The Hall–Kier alpha value is -3.36. The molecular weight excluding hydrogens is 438 g/mol. The number of rotatable bonds is 6. The zero-order valence-corrected chi connectivity index (χ0v) is 18.1. The number of thiophene rings is 1. The molecule has 4 aromatic rings. The molecule has 0 atom stereocenters. The molecule has 1 N–H and O–H groups in total. The van der Waals surface area contributed by atoms with Crippen molar-refractivity contribution in [2.24, 2.45) is 0 Å². The Labute approximate surface area is 186 Å². The minimum atomic E-state index is -0.617. The minimum Gasteiger partial charge on any atom is -0.495 e. The van der Waals surface area contributed by atoms with Gasteiger partial charge < -0.3 is 10.1 Å². The molecule has 0 fully saturated rings. The lowest BCUT2D eigenvalue weighted by atomic mass is 10.2. The predicted molar refractivity (Wildman–Crippen MR) is 122 cm³/mol. The molecule has 0 saturated carbocycles. The molecule has 7 nitrogen and oxygen atoms in total. The minimum absolute atomic E-state index is 0.228. The maximum atomic E-state index is 13.3. The third-order valence-electron chi connectivity index (χ3n) is 4.82. The average Bonchev–Trinajstić information content (AvgIpc) is 3.27. The molecule has 2 aromatic carbocycles. The highest BCUT2D eigenvalue weighted by atomic mass is 35.5.